The summed E-state index contributed by atoms with van der Waals surface area (Å²) >= 11 is 0. The molecule has 1 aromatic heterocycles. The van der Waals surface area contributed by atoms with Gasteiger partial charge in [0.05, 0.1) is 12.3 Å². The third-order valence-electron chi connectivity index (χ3n) is 4.63. The van der Waals surface area contributed by atoms with Gasteiger partial charge in [0.25, 0.3) is 0 Å². The van der Waals surface area contributed by atoms with Crippen LogP contribution in [0, 0.1) is 5.92 Å². The van der Waals surface area contributed by atoms with E-state index in [4.69, 9.17) is 0 Å². The van der Waals surface area contributed by atoms with Crippen LogP contribution < -0.4 is 0 Å². The Hall–Kier alpha value is -0.900. The van der Waals surface area contributed by atoms with E-state index < -0.39 is 0 Å². The smallest absolute Gasteiger partial charge is 0.112 e. The van der Waals surface area contributed by atoms with Gasteiger partial charge in [-0.05, 0) is 38.0 Å². The van der Waals surface area contributed by atoms with Gasteiger partial charge in [0, 0.05) is 12.5 Å². The molecule has 20 heavy (non-hydrogen) atoms. The van der Waals surface area contributed by atoms with Crippen LogP contribution in [0.3, 0.4) is 0 Å². The number of aryl methyl sites for hydroxylation is 1. The summed E-state index contributed by atoms with van der Waals surface area (Å²) in [6.07, 6.45) is 10.3. The normalized spacial score (nSPS) is 23.1. The highest BCUT2D eigenvalue weighted by Gasteiger charge is 2.27. The van der Waals surface area contributed by atoms with Crippen molar-refractivity contribution in [1.29, 1.82) is 0 Å². The number of hydrogen-bond acceptors (Lipinski definition) is 3. The molecule has 0 unspecified atom stereocenters. The zero-order valence-corrected chi connectivity index (χ0v) is 13.0. The molecule has 4 nitrogen and oxygen atoms in total. The van der Waals surface area contributed by atoms with Gasteiger partial charge < -0.3 is 5.11 Å². The average Bonchev–Trinajstić information content (AvgIpc) is 2.89. The number of unbranched alkanes of at least 4 members (excludes halogenated alkanes) is 1. The zero-order chi connectivity index (χ0) is 14.4. The molecule has 1 heterocycles. The van der Waals surface area contributed by atoms with Gasteiger partial charge >= 0.3 is 0 Å². The highest BCUT2D eigenvalue weighted by atomic mass is 16.3. The molecule has 1 aliphatic rings. The quantitative estimate of drug-likeness (QED) is 0.829. The second kappa shape index (κ2) is 7.77. The van der Waals surface area contributed by atoms with Gasteiger partial charge in [0.1, 0.15) is 5.69 Å². The number of rotatable bonds is 7. The van der Waals surface area contributed by atoms with E-state index >= 15 is 0 Å². The van der Waals surface area contributed by atoms with Crippen molar-refractivity contribution in [3.05, 3.63) is 11.4 Å². The fourth-order valence-electron chi connectivity index (χ4n) is 3.51. The molecule has 0 radical (unpaired) electrons. The maximum Gasteiger partial charge on any atom is 0.112 e. The summed E-state index contributed by atoms with van der Waals surface area (Å²) in [4.78, 5) is 0. The van der Waals surface area contributed by atoms with Crippen LogP contribution in [0.1, 0.15) is 82.5 Å². The Bertz CT molecular complexity index is 394. The molecular weight excluding hydrogens is 250 g/mol. The molecule has 1 aromatic rings. The minimum atomic E-state index is 0.0226. The summed E-state index contributed by atoms with van der Waals surface area (Å²) in [5, 5.41) is 17.9. The Labute approximate surface area is 122 Å². The molecule has 114 valence electrons. The first-order valence-corrected chi connectivity index (χ1v) is 8.33. The highest BCUT2D eigenvalue weighted by molar-refractivity contribution is 5.16. The van der Waals surface area contributed by atoms with Crippen molar-refractivity contribution in [2.24, 2.45) is 5.92 Å². The summed E-state index contributed by atoms with van der Waals surface area (Å²) in [6.45, 7) is 5.37. The lowest BCUT2D eigenvalue weighted by Crippen LogP contribution is -2.18. The number of nitrogens with zero attached hydrogens (tertiary/aromatic N) is 3. The van der Waals surface area contributed by atoms with Gasteiger partial charge in [-0.15, -0.1) is 5.10 Å². The minimum absolute atomic E-state index is 0.0226. The standard InChI is InChI=1S/C16H29N3O/c1-3-5-6-13-7-9-14(10-8-13)16-15(12-20)17-18-19(16)11-4-2/h13-14,20H,3-12H2,1-2H3. The Balaban J connectivity index is 2.00. The lowest BCUT2D eigenvalue weighted by atomic mass is 9.78. The lowest BCUT2D eigenvalue weighted by Gasteiger charge is -2.29. The molecule has 1 N–H and O–H groups in total. The van der Waals surface area contributed by atoms with Crippen LogP contribution in [-0.4, -0.2) is 20.1 Å². The van der Waals surface area contributed by atoms with Crippen LogP contribution in [0.25, 0.3) is 0 Å². The van der Waals surface area contributed by atoms with Crippen molar-refractivity contribution in [3.8, 4) is 0 Å². The van der Waals surface area contributed by atoms with E-state index in [1.165, 1.54) is 50.6 Å². The summed E-state index contributed by atoms with van der Waals surface area (Å²) in [7, 11) is 0. The van der Waals surface area contributed by atoms with E-state index in [0.717, 1.165) is 24.6 Å². The maximum atomic E-state index is 9.48. The molecular formula is C16H29N3O. The zero-order valence-electron chi connectivity index (χ0n) is 13.0. The van der Waals surface area contributed by atoms with Crippen LogP contribution in [0.2, 0.25) is 0 Å². The third kappa shape index (κ3) is 3.60. The van der Waals surface area contributed by atoms with Crippen molar-refractivity contribution < 1.29 is 5.11 Å². The van der Waals surface area contributed by atoms with Crippen LogP contribution >= 0.6 is 0 Å². The molecule has 0 spiro atoms. The summed E-state index contributed by atoms with van der Waals surface area (Å²) in [5.74, 6) is 1.47. The van der Waals surface area contributed by atoms with E-state index in [-0.39, 0.29) is 6.61 Å². The van der Waals surface area contributed by atoms with Crippen molar-refractivity contribution in [3.63, 3.8) is 0 Å². The fraction of sp³-hybridized carbons (Fsp3) is 0.875. The SMILES string of the molecule is CCCCC1CCC(c2c(CO)nnn2CCC)CC1. The van der Waals surface area contributed by atoms with Gasteiger partial charge in [0.2, 0.25) is 0 Å². The van der Waals surface area contributed by atoms with Crippen molar-refractivity contribution >= 4 is 0 Å². The molecule has 2 rings (SSSR count). The number of hydrogen-bond donors (Lipinski definition) is 1. The molecule has 1 fully saturated rings. The highest BCUT2D eigenvalue weighted by Crippen LogP contribution is 2.38. The number of aliphatic hydroxyl groups is 1. The Kier molecular flexibility index (Phi) is 6.02. The second-order valence-electron chi connectivity index (χ2n) is 6.16. The average molecular weight is 279 g/mol. The summed E-state index contributed by atoms with van der Waals surface area (Å²) in [6, 6.07) is 0. The van der Waals surface area contributed by atoms with E-state index in [0.29, 0.717) is 5.92 Å². The van der Waals surface area contributed by atoms with Gasteiger partial charge in [-0.2, -0.15) is 0 Å². The van der Waals surface area contributed by atoms with Crippen LogP contribution in [0.4, 0.5) is 0 Å². The Morgan fingerprint density at radius 1 is 1.15 bits per heavy atom. The van der Waals surface area contributed by atoms with E-state index in [1.807, 2.05) is 4.68 Å². The second-order valence-corrected chi connectivity index (χ2v) is 6.16. The number of aromatic nitrogens is 3. The lowest BCUT2D eigenvalue weighted by molar-refractivity contribution is 0.266. The van der Waals surface area contributed by atoms with E-state index in [2.05, 4.69) is 24.2 Å². The first-order chi connectivity index (χ1) is 9.80. The molecule has 0 aromatic carbocycles. The fourth-order valence-corrected chi connectivity index (χ4v) is 3.51. The summed E-state index contributed by atoms with van der Waals surface area (Å²) < 4.78 is 2.03. The summed E-state index contributed by atoms with van der Waals surface area (Å²) in [5.41, 5.74) is 2.01. The molecule has 0 aliphatic heterocycles. The molecule has 1 aliphatic carbocycles. The predicted molar refractivity (Wildman–Crippen MR) is 80.5 cm³/mol. The van der Waals surface area contributed by atoms with Crippen molar-refractivity contribution in [1.82, 2.24) is 15.0 Å². The Morgan fingerprint density at radius 2 is 1.90 bits per heavy atom. The van der Waals surface area contributed by atoms with E-state index in [1.54, 1.807) is 0 Å². The monoisotopic (exact) mass is 279 g/mol. The topological polar surface area (TPSA) is 50.9 Å². The van der Waals surface area contributed by atoms with Crippen molar-refractivity contribution in [2.75, 3.05) is 0 Å². The Morgan fingerprint density at radius 3 is 2.50 bits per heavy atom. The van der Waals surface area contributed by atoms with Crippen LogP contribution in [-0.2, 0) is 13.2 Å². The molecule has 0 saturated heterocycles. The van der Waals surface area contributed by atoms with Crippen molar-refractivity contribution in [2.45, 2.75) is 84.3 Å². The van der Waals surface area contributed by atoms with Crippen LogP contribution in [0.15, 0.2) is 0 Å². The first kappa shape index (κ1) is 15.5. The molecule has 0 amide bonds. The minimum Gasteiger partial charge on any atom is -0.390 e. The molecule has 0 atom stereocenters. The van der Waals surface area contributed by atoms with Gasteiger partial charge in [-0.1, -0.05) is 38.3 Å². The maximum absolute atomic E-state index is 9.48. The van der Waals surface area contributed by atoms with Gasteiger partial charge in [0.15, 0.2) is 0 Å². The molecule has 0 bridgehead atoms. The molecule has 1 saturated carbocycles. The third-order valence-corrected chi connectivity index (χ3v) is 4.63. The van der Waals surface area contributed by atoms with E-state index in [9.17, 15) is 5.11 Å². The van der Waals surface area contributed by atoms with Gasteiger partial charge in [-0.25, -0.2) is 4.68 Å². The largest absolute Gasteiger partial charge is 0.390 e. The van der Waals surface area contributed by atoms with Crippen LogP contribution in [0.5, 0.6) is 0 Å². The molecule has 4 heteroatoms. The van der Waals surface area contributed by atoms with Gasteiger partial charge in [-0.3, -0.25) is 0 Å². The first-order valence-electron chi connectivity index (χ1n) is 8.33. The predicted octanol–water partition coefficient (Wildman–Crippen LogP) is 3.64. The number of aliphatic hydroxyl groups excluding tert-OH is 1.